The van der Waals surface area contributed by atoms with Gasteiger partial charge >= 0.3 is 0 Å². The maximum atomic E-state index is 10.4. The van der Waals surface area contributed by atoms with E-state index in [2.05, 4.69) is 36.7 Å². The minimum atomic E-state index is -0.352. The van der Waals surface area contributed by atoms with E-state index in [4.69, 9.17) is 0 Å². The molecule has 3 aliphatic carbocycles. The van der Waals surface area contributed by atoms with Gasteiger partial charge < -0.3 is 5.11 Å². The predicted octanol–water partition coefficient (Wildman–Crippen LogP) is 4.13. The van der Waals surface area contributed by atoms with Gasteiger partial charge in [0.25, 0.3) is 0 Å². The highest BCUT2D eigenvalue weighted by Crippen LogP contribution is 2.73. The Balaban J connectivity index is 1.76. The molecule has 1 N–H and O–H groups in total. The van der Waals surface area contributed by atoms with E-state index in [9.17, 15) is 5.11 Å². The predicted molar refractivity (Wildman–Crippen MR) is 74.2 cm³/mol. The zero-order chi connectivity index (χ0) is 12.5. The second-order valence-electron chi connectivity index (χ2n) is 7.78. The molecular formula is C15H25BrO. The van der Waals surface area contributed by atoms with Crippen molar-refractivity contribution in [3.05, 3.63) is 0 Å². The summed E-state index contributed by atoms with van der Waals surface area (Å²) in [5.74, 6) is 1.48. The van der Waals surface area contributed by atoms with Gasteiger partial charge in [0.1, 0.15) is 0 Å². The fourth-order valence-corrected chi connectivity index (χ4v) is 5.30. The molecule has 0 heterocycles. The van der Waals surface area contributed by atoms with Crippen LogP contribution in [0.2, 0.25) is 0 Å². The van der Waals surface area contributed by atoms with Crippen molar-refractivity contribution in [1.29, 1.82) is 0 Å². The molecule has 1 nitrogen and oxygen atoms in total. The van der Waals surface area contributed by atoms with Crippen LogP contribution in [0.5, 0.6) is 0 Å². The van der Waals surface area contributed by atoms with Crippen molar-refractivity contribution >= 4 is 15.9 Å². The van der Waals surface area contributed by atoms with Crippen molar-refractivity contribution in [3.63, 3.8) is 0 Å². The fourth-order valence-electron chi connectivity index (χ4n) is 4.85. The fraction of sp³-hybridized carbons (Fsp3) is 1.00. The zero-order valence-electron chi connectivity index (χ0n) is 11.3. The van der Waals surface area contributed by atoms with Crippen LogP contribution in [0.4, 0.5) is 0 Å². The lowest BCUT2D eigenvalue weighted by Gasteiger charge is -2.42. The third-order valence-electron chi connectivity index (χ3n) is 6.17. The quantitative estimate of drug-likeness (QED) is 0.722. The van der Waals surface area contributed by atoms with E-state index in [0.717, 1.165) is 12.3 Å². The van der Waals surface area contributed by atoms with Crippen LogP contribution in [-0.4, -0.2) is 15.5 Å². The number of halogens is 1. The summed E-state index contributed by atoms with van der Waals surface area (Å²) in [4.78, 5) is 0.682. The van der Waals surface area contributed by atoms with Crippen molar-refractivity contribution in [1.82, 2.24) is 0 Å². The molecule has 2 heteroatoms. The van der Waals surface area contributed by atoms with Crippen LogP contribution in [-0.2, 0) is 0 Å². The molecule has 98 valence electrons. The molecule has 0 aliphatic heterocycles. The van der Waals surface area contributed by atoms with Crippen LogP contribution < -0.4 is 0 Å². The Morgan fingerprint density at radius 3 is 2.24 bits per heavy atom. The molecule has 0 aromatic rings. The molecule has 0 aromatic carbocycles. The van der Waals surface area contributed by atoms with E-state index in [1.807, 2.05) is 0 Å². The number of aliphatic hydroxyl groups is 1. The molecule has 0 unspecified atom stereocenters. The van der Waals surface area contributed by atoms with Gasteiger partial charge in [0, 0.05) is 4.83 Å². The van der Waals surface area contributed by atoms with Gasteiger partial charge in [-0.15, -0.1) is 0 Å². The first-order valence-electron chi connectivity index (χ1n) is 7.14. The first kappa shape index (κ1) is 12.5. The van der Waals surface area contributed by atoms with E-state index in [1.54, 1.807) is 0 Å². The van der Waals surface area contributed by atoms with E-state index in [-0.39, 0.29) is 5.60 Å². The maximum absolute atomic E-state index is 10.4. The van der Waals surface area contributed by atoms with E-state index in [1.165, 1.54) is 32.1 Å². The van der Waals surface area contributed by atoms with Crippen LogP contribution in [0.1, 0.15) is 59.3 Å². The molecule has 3 aliphatic rings. The molecule has 0 saturated heterocycles. The average molecular weight is 301 g/mol. The summed E-state index contributed by atoms with van der Waals surface area (Å²) in [5.41, 5.74) is 0.614. The smallest absolute Gasteiger partial charge is 0.0653 e. The second-order valence-corrected chi connectivity index (χ2v) is 8.89. The molecule has 0 aromatic heterocycles. The van der Waals surface area contributed by atoms with Crippen molar-refractivity contribution in [3.8, 4) is 0 Å². The Morgan fingerprint density at radius 2 is 1.76 bits per heavy atom. The number of rotatable bonds is 1. The zero-order valence-corrected chi connectivity index (χ0v) is 12.9. The highest BCUT2D eigenvalue weighted by Gasteiger charge is 2.69. The van der Waals surface area contributed by atoms with Crippen molar-refractivity contribution in [2.24, 2.45) is 22.7 Å². The number of hydrogen-bond donors (Lipinski definition) is 1. The molecular weight excluding hydrogens is 276 g/mol. The summed E-state index contributed by atoms with van der Waals surface area (Å²) in [5, 5.41) is 10.4. The summed E-state index contributed by atoms with van der Waals surface area (Å²) in [6, 6.07) is 0. The molecule has 0 amide bonds. The Bertz CT molecular complexity index is 336. The van der Waals surface area contributed by atoms with Gasteiger partial charge in [-0.25, -0.2) is 0 Å². The largest absolute Gasteiger partial charge is 0.390 e. The molecule has 17 heavy (non-hydrogen) atoms. The van der Waals surface area contributed by atoms with E-state index >= 15 is 0 Å². The lowest BCUT2D eigenvalue weighted by molar-refractivity contribution is 0.0400. The standard InChI is InChI=1S/C15H25BrO/c1-13(2)8-10(4-5-12(13)16)15-7-6-14(3,17)11(15)9-15/h10-12,17H,4-9H2,1-3H3/t10-,11+,12-,14+,15-/m0/s1. The molecule has 0 bridgehead atoms. The van der Waals surface area contributed by atoms with Gasteiger partial charge in [0.15, 0.2) is 0 Å². The number of fused-ring (bicyclic) bond motifs is 1. The minimum Gasteiger partial charge on any atom is -0.390 e. The number of hydrogen-bond acceptors (Lipinski definition) is 1. The van der Waals surface area contributed by atoms with Crippen LogP contribution in [0.25, 0.3) is 0 Å². The number of alkyl halides is 1. The topological polar surface area (TPSA) is 20.2 Å². The molecule has 3 rings (SSSR count). The summed E-state index contributed by atoms with van der Waals surface area (Å²) in [7, 11) is 0. The van der Waals surface area contributed by atoms with Crippen LogP contribution >= 0.6 is 15.9 Å². The average Bonchev–Trinajstić information content (AvgIpc) is 2.91. The Morgan fingerprint density at radius 1 is 1.06 bits per heavy atom. The molecule has 5 atom stereocenters. The third-order valence-corrected chi connectivity index (χ3v) is 7.86. The molecule has 3 fully saturated rings. The van der Waals surface area contributed by atoms with Crippen LogP contribution in [0, 0.1) is 22.7 Å². The Labute approximate surface area is 113 Å². The second kappa shape index (κ2) is 3.50. The third kappa shape index (κ3) is 1.74. The van der Waals surface area contributed by atoms with Crippen LogP contribution in [0.3, 0.4) is 0 Å². The highest BCUT2D eigenvalue weighted by molar-refractivity contribution is 9.09. The monoisotopic (exact) mass is 300 g/mol. The van der Waals surface area contributed by atoms with Crippen molar-refractivity contribution in [2.75, 3.05) is 0 Å². The van der Waals surface area contributed by atoms with Crippen molar-refractivity contribution in [2.45, 2.75) is 69.7 Å². The normalized spacial score (nSPS) is 56.6. The van der Waals surface area contributed by atoms with Gasteiger partial charge in [-0.1, -0.05) is 29.8 Å². The Kier molecular flexibility index (Phi) is 2.57. The highest BCUT2D eigenvalue weighted by atomic mass is 79.9. The summed E-state index contributed by atoms with van der Waals surface area (Å²) in [6.45, 7) is 6.87. The van der Waals surface area contributed by atoms with E-state index < -0.39 is 0 Å². The summed E-state index contributed by atoms with van der Waals surface area (Å²) >= 11 is 3.85. The SMILES string of the molecule is CC1(C)C[C@@H]([C@@]23CC[C@@](C)(O)[C@H]2C3)CC[C@@H]1Br. The Hall–Kier alpha value is 0.440. The molecule has 3 saturated carbocycles. The van der Waals surface area contributed by atoms with Gasteiger partial charge in [-0.2, -0.15) is 0 Å². The maximum Gasteiger partial charge on any atom is 0.0653 e. The van der Waals surface area contributed by atoms with Gasteiger partial charge in [-0.05, 0) is 68.1 Å². The van der Waals surface area contributed by atoms with E-state index in [0.29, 0.717) is 21.6 Å². The first-order valence-corrected chi connectivity index (χ1v) is 8.06. The lowest BCUT2D eigenvalue weighted by atomic mass is 9.66. The van der Waals surface area contributed by atoms with Gasteiger partial charge in [0.05, 0.1) is 5.60 Å². The van der Waals surface area contributed by atoms with Gasteiger partial charge in [0.2, 0.25) is 0 Å². The van der Waals surface area contributed by atoms with Crippen LogP contribution in [0.15, 0.2) is 0 Å². The first-order chi connectivity index (χ1) is 7.78. The summed E-state index contributed by atoms with van der Waals surface area (Å²) < 4.78 is 0. The molecule has 0 spiro atoms. The van der Waals surface area contributed by atoms with Gasteiger partial charge in [-0.3, -0.25) is 0 Å². The minimum absolute atomic E-state index is 0.352. The lowest BCUT2D eigenvalue weighted by Crippen LogP contribution is -2.36. The van der Waals surface area contributed by atoms with Crippen molar-refractivity contribution < 1.29 is 5.11 Å². The summed E-state index contributed by atoms with van der Waals surface area (Å²) in [6.07, 6.45) is 7.63. The molecule has 0 radical (unpaired) electrons.